The van der Waals surface area contributed by atoms with Gasteiger partial charge in [-0.3, -0.25) is 4.90 Å². The third-order valence-electron chi connectivity index (χ3n) is 5.61. The highest BCUT2D eigenvalue weighted by molar-refractivity contribution is 5.73. The van der Waals surface area contributed by atoms with Crippen LogP contribution in [0, 0.1) is 11.8 Å². The largest absolute Gasteiger partial charge is 0.453 e. The van der Waals surface area contributed by atoms with Crippen molar-refractivity contribution in [3.05, 3.63) is 46.5 Å². The van der Waals surface area contributed by atoms with Crippen molar-refractivity contribution in [3.8, 4) is 0 Å². The number of fused-ring (bicyclic) bond motifs is 8. The van der Waals surface area contributed by atoms with E-state index >= 15 is 0 Å². The topological polar surface area (TPSA) is 29.5 Å². The number of ether oxygens (including phenoxy) is 1. The zero-order chi connectivity index (χ0) is 14.7. The second-order valence-electron chi connectivity index (χ2n) is 6.41. The molecule has 1 aromatic rings. The van der Waals surface area contributed by atoms with Crippen LogP contribution in [-0.2, 0) is 4.74 Å². The van der Waals surface area contributed by atoms with Crippen LogP contribution in [0.2, 0.25) is 0 Å². The summed E-state index contributed by atoms with van der Waals surface area (Å²) in [7, 11) is 1.49. The van der Waals surface area contributed by atoms with Crippen LogP contribution in [-0.4, -0.2) is 18.1 Å². The molecule has 4 rings (SSSR count). The van der Waals surface area contributed by atoms with Crippen molar-refractivity contribution in [2.45, 2.75) is 38.8 Å². The van der Waals surface area contributed by atoms with Gasteiger partial charge in [-0.1, -0.05) is 48.8 Å². The summed E-state index contributed by atoms with van der Waals surface area (Å²) in [5, 5.41) is 0. The number of carbonyl (C=O) groups excluding carboxylic acids is 1. The van der Waals surface area contributed by atoms with E-state index in [-0.39, 0.29) is 18.2 Å². The molecule has 1 amide bonds. The SMILES string of the molecule is CCCC1=C(C)[C@@H]2[C@H]1[C@H]1c3ccccc3[C@@H]2N1C(=O)OC. The van der Waals surface area contributed by atoms with Gasteiger partial charge >= 0.3 is 6.09 Å². The standard InChI is InChI=1S/C18H21NO2/c1-4-7-11-10(2)14-15(11)17-13-9-6-5-8-12(13)16(14)19(17)18(20)21-3/h5-6,8-9,14-17H,4,7H2,1-3H3/t14-,15+,16+,17-/m1/s1. The fourth-order valence-electron chi connectivity index (χ4n) is 4.91. The molecule has 0 aromatic heterocycles. The Morgan fingerprint density at radius 3 is 2.38 bits per heavy atom. The number of nitrogens with zero attached hydrogens (tertiary/aromatic N) is 1. The first kappa shape index (κ1) is 12.9. The first-order chi connectivity index (χ1) is 10.2. The van der Waals surface area contributed by atoms with Crippen LogP contribution in [0.4, 0.5) is 4.79 Å². The molecule has 0 radical (unpaired) electrons. The van der Waals surface area contributed by atoms with Crippen LogP contribution in [0.15, 0.2) is 35.4 Å². The Bertz CT molecular complexity index is 648. The van der Waals surface area contributed by atoms with Gasteiger partial charge in [-0.15, -0.1) is 0 Å². The number of rotatable bonds is 2. The Morgan fingerprint density at radius 2 is 1.81 bits per heavy atom. The molecule has 4 atom stereocenters. The molecule has 3 nitrogen and oxygen atoms in total. The van der Waals surface area contributed by atoms with Gasteiger partial charge in [-0.2, -0.15) is 0 Å². The van der Waals surface area contributed by atoms with E-state index in [9.17, 15) is 4.79 Å². The van der Waals surface area contributed by atoms with Crippen molar-refractivity contribution in [3.63, 3.8) is 0 Å². The maximum atomic E-state index is 12.3. The zero-order valence-electron chi connectivity index (χ0n) is 12.8. The van der Waals surface area contributed by atoms with Gasteiger partial charge in [0.05, 0.1) is 19.2 Å². The van der Waals surface area contributed by atoms with Crippen LogP contribution in [0.25, 0.3) is 0 Å². The predicted molar refractivity (Wildman–Crippen MR) is 80.8 cm³/mol. The quantitative estimate of drug-likeness (QED) is 0.760. The highest BCUT2D eigenvalue weighted by atomic mass is 16.5. The second-order valence-corrected chi connectivity index (χ2v) is 6.41. The van der Waals surface area contributed by atoms with Crippen molar-refractivity contribution in [2.24, 2.45) is 11.8 Å². The summed E-state index contributed by atoms with van der Waals surface area (Å²) >= 11 is 0. The van der Waals surface area contributed by atoms with E-state index < -0.39 is 0 Å². The second kappa shape index (κ2) is 4.36. The molecule has 0 unspecified atom stereocenters. The Morgan fingerprint density at radius 1 is 1.19 bits per heavy atom. The van der Waals surface area contributed by atoms with Crippen LogP contribution in [0.1, 0.15) is 49.9 Å². The number of methoxy groups -OCH3 is 1. The summed E-state index contributed by atoms with van der Waals surface area (Å²) in [5.74, 6) is 1.02. The molecular formula is C18H21NO2. The molecule has 1 fully saturated rings. The molecule has 0 N–H and O–H groups in total. The van der Waals surface area contributed by atoms with Crippen molar-refractivity contribution in [1.82, 2.24) is 4.90 Å². The van der Waals surface area contributed by atoms with E-state index in [2.05, 4.69) is 38.1 Å². The Kier molecular flexibility index (Phi) is 2.69. The Balaban J connectivity index is 1.82. The lowest BCUT2D eigenvalue weighted by Gasteiger charge is -2.43. The van der Waals surface area contributed by atoms with Crippen LogP contribution < -0.4 is 0 Å². The number of hydrogen-bond acceptors (Lipinski definition) is 2. The van der Waals surface area contributed by atoms with Gasteiger partial charge in [0, 0.05) is 11.8 Å². The summed E-state index contributed by atoms with van der Waals surface area (Å²) < 4.78 is 5.07. The van der Waals surface area contributed by atoms with Crippen molar-refractivity contribution in [2.75, 3.05) is 7.11 Å². The molecule has 0 spiro atoms. The highest BCUT2D eigenvalue weighted by Gasteiger charge is 2.63. The van der Waals surface area contributed by atoms with E-state index in [1.54, 1.807) is 5.57 Å². The smallest absolute Gasteiger partial charge is 0.410 e. The van der Waals surface area contributed by atoms with Crippen LogP contribution >= 0.6 is 0 Å². The zero-order valence-corrected chi connectivity index (χ0v) is 12.8. The monoisotopic (exact) mass is 283 g/mol. The van der Waals surface area contributed by atoms with E-state index in [4.69, 9.17) is 4.74 Å². The molecule has 110 valence electrons. The fourth-order valence-corrected chi connectivity index (χ4v) is 4.91. The molecule has 1 aliphatic carbocycles. The van der Waals surface area contributed by atoms with Gasteiger partial charge in [0.2, 0.25) is 0 Å². The minimum Gasteiger partial charge on any atom is -0.453 e. The molecular weight excluding hydrogens is 262 g/mol. The van der Waals surface area contributed by atoms with Gasteiger partial charge < -0.3 is 4.74 Å². The lowest BCUT2D eigenvalue weighted by atomic mass is 9.59. The lowest BCUT2D eigenvalue weighted by Crippen LogP contribution is -2.33. The third-order valence-corrected chi connectivity index (χ3v) is 5.61. The summed E-state index contributed by atoms with van der Waals surface area (Å²) in [4.78, 5) is 14.3. The summed E-state index contributed by atoms with van der Waals surface area (Å²) in [5.41, 5.74) is 5.75. The van der Waals surface area contributed by atoms with Gasteiger partial charge in [-0.25, -0.2) is 4.79 Å². The number of carbonyl (C=O) groups is 1. The molecule has 3 aliphatic rings. The molecule has 1 aromatic carbocycles. The third kappa shape index (κ3) is 1.42. The molecule has 3 heteroatoms. The van der Waals surface area contributed by atoms with E-state index in [1.165, 1.54) is 30.2 Å². The maximum absolute atomic E-state index is 12.3. The molecule has 1 saturated heterocycles. The molecule has 2 bridgehead atoms. The van der Waals surface area contributed by atoms with Gasteiger partial charge in [0.1, 0.15) is 0 Å². The summed E-state index contributed by atoms with van der Waals surface area (Å²) in [6, 6.07) is 8.90. The summed E-state index contributed by atoms with van der Waals surface area (Å²) in [6.45, 7) is 4.48. The van der Waals surface area contributed by atoms with Gasteiger partial charge in [-0.05, 0) is 24.5 Å². The van der Waals surface area contributed by atoms with E-state index in [0.29, 0.717) is 11.8 Å². The predicted octanol–water partition coefficient (Wildman–Crippen LogP) is 4.23. The van der Waals surface area contributed by atoms with E-state index in [1.807, 2.05) is 4.90 Å². The van der Waals surface area contributed by atoms with Crippen molar-refractivity contribution in [1.29, 1.82) is 0 Å². The molecule has 2 aliphatic heterocycles. The number of benzene rings is 1. The minimum atomic E-state index is -0.181. The fraction of sp³-hybridized carbons (Fsp3) is 0.500. The van der Waals surface area contributed by atoms with Crippen LogP contribution in [0.5, 0.6) is 0 Å². The molecule has 0 saturated carbocycles. The van der Waals surface area contributed by atoms with Gasteiger partial charge in [0.15, 0.2) is 0 Å². The highest BCUT2D eigenvalue weighted by Crippen LogP contribution is 2.68. The molecule has 2 heterocycles. The Labute approximate surface area is 125 Å². The first-order valence-corrected chi connectivity index (χ1v) is 7.85. The Hall–Kier alpha value is -1.77. The maximum Gasteiger partial charge on any atom is 0.410 e. The average Bonchev–Trinajstić information content (AvgIpc) is 3.00. The average molecular weight is 283 g/mol. The van der Waals surface area contributed by atoms with Crippen molar-refractivity contribution < 1.29 is 9.53 Å². The van der Waals surface area contributed by atoms with Crippen LogP contribution in [0.3, 0.4) is 0 Å². The van der Waals surface area contributed by atoms with Crippen molar-refractivity contribution >= 4 is 6.09 Å². The molecule has 21 heavy (non-hydrogen) atoms. The summed E-state index contributed by atoms with van der Waals surface area (Å²) in [6.07, 6.45) is 2.15. The normalized spacial score (nSPS) is 31.9. The van der Waals surface area contributed by atoms with Gasteiger partial charge in [0.25, 0.3) is 0 Å². The number of hydrogen-bond donors (Lipinski definition) is 0. The lowest BCUT2D eigenvalue weighted by molar-refractivity contribution is 0.107. The van der Waals surface area contributed by atoms with E-state index in [0.717, 1.165) is 6.42 Å². The first-order valence-electron chi connectivity index (χ1n) is 7.85. The minimum absolute atomic E-state index is 0.181. The number of amides is 1.